The molecule has 1 aromatic carbocycles. The first-order valence-electron chi connectivity index (χ1n) is 7.44. The molecule has 0 unspecified atom stereocenters. The molecule has 6 heteroatoms. The summed E-state index contributed by atoms with van der Waals surface area (Å²) in [6.45, 7) is 4.50. The third kappa shape index (κ3) is 2.28. The third-order valence-electron chi connectivity index (χ3n) is 4.04. The Morgan fingerprint density at radius 2 is 2.09 bits per heavy atom. The largest absolute Gasteiger partial charge is 0.370 e. The van der Waals surface area contributed by atoms with E-state index < -0.39 is 0 Å². The minimum absolute atomic E-state index is 0.112. The Kier molecular flexibility index (Phi) is 3.35. The average Bonchev–Trinajstić information content (AvgIpc) is 3.11. The molecule has 1 fully saturated rings. The van der Waals surface area contributed by atoms with Gasteiger partial charge in [-0.2, -0.15) is 5.10 Å². The zero-order valence-electron chi connectivity index (χ0n) is 12.7. The molecule has 22 heavy (non-hydrogen) atoms. The van der Waals surface area contributed by atoms with E-state index in [1.165, 1.54) is 10.3 Å². The molecular weight excluding hydrogens is 296 g/mol. The molecular formula is C16H18N4OS. The quantitative estimate of drug-likeness (QED) is 0.729. The maximum atomic E-state index is 5.94. The lowest BCUT2D eigenvalue weighted by molar-refractivity contribution is 0.0398. The van der Waals surface area contributed by atoms with E-state index in [0.717, 1.165) is 36.2 Å². The van der Waals surface area contributed by atoms with E-state index in [9.17, 15) is 0 Å². The summed E-state index contributed by atoms with van der Waals surface area (Å²) in [5, 5.41) is 5.49. The van der Waals surface area contributed by atoms with Crippen molar-refractivity contribution in [3.63, 3.8) is 0 Å². The minimum atomic E-state index is 0.112. The summed E-state index contributed by atoms with van der Waals surface area (Å²) in [7, 11) is 1.95. The molecule has 114 valence electrons. The standard InChI is InChI=1S/C16H18N4OS/c1-11-14-15(19(2)18-11)17-16(22-14)20-8-9-21-13(10-20)12-6-4-3-5-7-12/h3-7,13H,8-10H2,1-2H3/t13-/m1/s1. The fourth-order valence-corrected chi connectivity index (χ4v) is 3.97. The topological polar surface area (TPSA) is 43.2 Å². The average molecular weight is 314 g/mol. The number of fused-ring (bicyclic) bond motifs is 1. The zero-order valence-corrected chi connectivity index (χ0v) is 13.5. The van der Waals surface area contributed by atoms with E-state index in [1.54, 1.807) is 11.3 Å². The van der Waals surface area contributed by atoms with Crippen LogP contribution in [0.5, 0.6) is 0 Å². The van der Waals surface area contributed by atoms with Crippen LogP contribution < -0.4 is 4.90 Å². The molecule has 0 saturated carbocycles. The van der Waals surface area contributed by atoms with E-state index >= 15 is 0 Å². The maximum absolute atomic E-state index is 5.94. The van der Waals surface area contributed by atoms with Crippen molar-refractivity contribution >= 4 is 26.8 Å². The second-order valence-electron chi connectivity index (χ2n) is 5.57. The van der Waals surface area contributed by atoms with Gasteiger partial charge in [0.1, 0.15) is 6.10 Å². The van der Waals surface area contributed by atoms with Gasteiger partial charge in [0.25, 0.3) is 0 Å². The van der Waals surface area contributed by atoms with Crippen LogP contribution in [0.3, 0.4) is 0 Å². The van der Waals surface area contributed by atoms with Crippen LogP contribution in [0.25, 0.3) is 10.3 Å². The summed E-state index contributed by atoms with van der Waals surface area (Å²) < 4.78 is 8.98. The van der Waals surface area contributed by atoms with Gasteiger partial charge in [-0.15, -0.1) is 0 Å². The minimum Gasteiger partial charge on any atom is -0.370 e. The van der Waals surface area contributed by atoms with Gasteiger partial charge < -0.3 is 9.64 Å². The lowest BCUT2D eigenvalue weighted by atomic mass is 10.1. The van der Waals surface area contributed by atoms with Gasteiger partial charge >= 0.3 is 0 Å². The van der Waals surface area contributed by atoms with Crippen molar-refractivity contribution in [2.75, 3.05) is 24.6 Å². The predicted octanol–water partition coefficient (Wildman–Crippen LogP) is 2.92. The molecule has 0 amide bonds. The van der Waals surface area contributed by atoms with E-state index in [4.69, 9.17) is 9.72 Å². The van der Waals surface area contributed by atoms with Gasteiger partial charge in [0.05, 0.1) is 23.5 Å². The molecule has 3 aromatic rings. The number of aromatic nitrogens is 3. The number of morpholine rings is 1. The summed E-state index contributed by atoms with van der Waals surface area (Å²) in [6.07, 6.45) is 0.112. The highest BCUT2D eigenvalue weighted by Gasteiger charge is 2.25. The molecule has 3 heterocycles. The van der Waals surface area contributed by atoms with Crippen molar-refractivity contribution in [1.29, 1.82) is 0 Å². The highest BCUT2D eigenvalue weighted by atomic mass is 32.1. The van der Waals surface area contributed by atoms with Gasteiger partial charge in [0, 0.05) is 13.6 Å². The number of thiazole rings is 1. The monoisotopic (exact) mass is 314 g/mol. The molecule has 1 aliphatic rings. The van der Waals surface area contributed by atoms with Crippen molar-refractivity contribution in [3.8, 4) is 0 Å². The number of ether oxygens (including phenoxy) is 1. The Morgan fingerprint density at radius 1 is 1.27 bits per heavy atom. The smallest absolute Gasteiger partial charge is 0.188 e. The van der Waals surface area contributed by atoms with Gasteiger partial charge in [-0.05, 0) is 12.5 Å². The van der Waals surface area contributed by atoms with Crippen LogP contribution in [0.15, 0.2) is 30.3 Å². The number of rotatable bonds is 2. The van der Waals surface area contributed by atoms with Crippen LogP contribution >= 0.6 is 11.3 Å². The SMILES string of the molecule is Cc1nn(C)c2nc(N3CCO[C@@H](c4ccccc4)C3)sc12. The highest BCUT2D eigenvalue weighted by Crippen LogP contribution is 2.33. The molecule has 5 nitrogen and oxygen atoms in total. The Balaban J connectivity index is 1.62. The number of hydrogen-bond acceptors (Lipinski definition) is 5. The molecule has 4 rings (SSSR count). The lowest BCUT2D eigenvalue weighted by Gasteiger charge is -2.32. The Morgan fingerprint density at radius 3 is 2.86 bits per heavy atom. The Bertz CT molecular complexity index is 761. The van der Waals surface area contributed by atoms with Gasteiger partial charge in [-0.1, -0.05) is 41.7 Å². The van der Waals surface area contributed by atoms with Crippen LogP contribution in [0.4, 0.5) is 5.13 Å². The molecule has 1 saturated heterocycles. The number of aryl methyl sites for hydroxylation is 2. The number of benzene rings is 1. The van der Waals surface area contributed by atoms with Crippen molar-refractivity contribution in [2.24, 2.45) is 7.05 Å². The second kappa shape index (κ2) is 5.37. The predicted molar refractivity (Wildman–Crippen MR) is 88.5 cm³/mol. The van der Waals surface area contributed by atoms with Crippen LogP contribution in [0.2, 0.25) is 0 Å². The van der Waals surface area contributed by atoms with E-state index in [1.807, 2.05) is 24.7 Å². The fraction of sp³-hybridized carbons (Fsp3) is 0.375. The van der Waals surface area contributed by atoms with Crippen LogP contribution in [0.1, 0.15) is 17.4 Å². The molecule has 0 N–H and O–H groups in total. The fourth-order valence-electron chi connectivity index (χ4n) is 2.90. The van der Waals surface area contributed by atoms with Crippen molar-refractivity contribution in [1.82, 2.24) is 14.8 Å². The number of hydrogen-bond donors (Lipinski definition) is 0. The third-order valence-corrected chi connectivity index (χ3v) is 5.26. The molecule has 1 atom stereocenters. The molecule has 0 radical (unpaired) electrons. The lowest BCUT2D eigenvalue weighted by Crippen LogP contribution is -2.38. The van der Waals surface area contributed by atoms with Crippen LogP contribution in [-0.2, 0) is 11.8 Å². The van der Waals surface area contributed by atoms with Gasteiger partial charge in [0.15, 0.2) is 10.8 Å². The normalized spacial score (nSPS) is 19.0. The molecule has 0 spiro atoms. The summed E-state index contributed by atoms with van der Waals surface area (Å²) in [4.78, 5) is 7.10. The molecule has 0 aliphatic carbocycles. The summed E-state index contributed by atoms with van der Waals surface area (Å²) in [6, 6.07) is 10.4. The maximum Gasteiger partial charge on any atom is 0.188 e. The Hall–Kier alpha value is -1.92. The molecule has 2 aromatic heterocycles. The molecule has 1 aliphatic heterocycles. The number of anilines is 1. The van der Waals surface area contributed by atoms with Crippen LogP contribution in [-0.4, -0.2) is 34.5 Å². The Labute approximate surface area is 133 Å². The van der Waals surface area contributed by atoms with Crippen molar-refractivity contribution < 1.29 is 4.74 Å². The van der Waals surface area contributed by atoms with Crippen LogP contribution in [0, 0.1) is 6.92 Å². The van der Waals surface area contributed by atoms with E-state index in [-0.39, 0.29) is 6.10 Å². The van der Waals surface area contributed by atoms with E-state index in [2.05, 4.69) is 34.3 Å². The van der Waals surface area contributed by atoms with Gasteiger partial charge in [-0.25, -0.2) is 9.67 Å². The number of nitrogens with zero attached hydrogens (tertiary/aromatic N) is 4. The van der Waals surface area contributed by atoms with Gasteiger partial charge in [0.2, 0.25) is 0 Å². The summed E-state index contributed by atoms with van der Waals surface area (Å²) >= 11 is 1.72. The van der Waals surface area contributed by atoms with Crippen molar-refractivity contribution in [3.05, 3.63) is 41.6 Å². The first-order chi connectivity index (χ1) is 10.7. The van der Waals surface area contributed by atoms with Gasteiger partial charge in [-0.3, -0.25) is 0 Å². The second-order valence-corrected chi connectivity index (χ2v) is 6.55. The van der Waals surface area contributed by atoms with E-state index in [0.29, 0.717) is 0 Å². The zero-order chi connectivity index (χ0) is 15.1. The first kappa shape index (κ1) is 13.7. The molecule has 0 bridgehead atoms. The summed E-state index contributed by atoms with van der Waals surface area (Å²) in [5.74, 6) is 0. The van der Waals surface area contributed by atoms with Crippen molar-refractivity contribution in [2.45, 2.75) is 13.0 Å². The highest BCUT2D eigenvalue weighted by molar-refractivity contribution is 7.22. The first-order valence-corrected chi connectivity index (χ1v) is 8.25. The summed E-state index contributed by atoms with van der Waals surface area (Å²) in [5.41, 5.74) is 3.25.